The Hall–Kier alpha value is -2.89. The minimum atomic E-state index is -0.637. The molecule has 0 aromatic carbocycles. The van der Waals surface area contributed by atoms with Crippen molar-refractivity contribution >= 4 is 17.7 Å². The van der Waals surface area contributed by atoms with Gasteiger partial charge in [-0.25, -0.2) is 15.2 Å². The quantitative estimate of drug-likeness (QED) is 0.850. The van der Waals surface area contributed by atoms with Gasteiger partial charge in [0.25, 0.3) is 0 Å². The number of carbonyl (C=O) groups excluding carboxylic acids is 1. The van der Waals surface area contributed by atoms with Gasteiger partial charge in [-0.3, -0.25) is 0 Å². The van der Waals surface area contributed by atoms with E-state index in [2.05, 4.69) is 20.5 Å². The molecule has 0 saturated heterocycles. The van der Waals surface area contributed by atoms with Gasteiger partial charge in [0, 0.05) is 12.6 Å². The summed E-state index contributed by atoms with van der Waals surface area (Å²) in [5.41, 5.74) is 2.34. The minimum absolute atomic E-state index is 0.00658. The van der Waals surface area contributed by atoms with E-state index in [0.29, 0.717) is 12.2 Å². The molecule has 0 atom stereocenters. The molecular formula is C16H23N7O2. The molecule has 1 amide bonds. The van der Waals surface area contributed by atoms with Gasteiger partial charge >= 0.3 is 6.09 Å². The van der Waals surface area contributed by atoms with Gasteiger partial charge in [0.1, 0.15) is 11.7 Å². The van der Waals surface area contributed by atoms with E-state index in [9.17, 15) is 10.1 Å². The second-order valence-electron chi connectivity index (χ2n) is 7.82. The Labute approximate surface area is 146 Å². The maximum atomic E-state index is 12.2. The molecule has 0 spiro atoms. The third kappa shape index (κ3) is 5.04. The summed E-state index contributed by atoms with van der Waals surface area (Å²) in [6.45, 7) is 11.8. The fourth-order valence-electron chi connectivity index (χ4n) is 2.08. The monoisotopic (exact) mass is 345 g/mol. The molecule has 25 heavy (non-hydrogen) atoms. The zero-order valence-corrected chi connectivity index (χ0v) is 15.4. The number of nitrogens with zero attached hydrogens (tertiary/aromatic N) is 6. The number of carbonyl (C=O) groups is 1. The number of amides is 1. The highest BCUT2D eigenvalue weighted by atomic mass is 16.6. The van der Waals surface area contributed by atoms with Crippen LogP contribution in [0.3, 0.4) is 0 Å². The van der Waals surface area contributed by atoms with Crippen molar-refractivity contribution in [3.05, 3.63) is 18.1 Å². The summed E-state index contributed by atoms with van der Waals surface area (Å²) in [4.78, 5) is 20.5. The molecule has 0 radical (unpaired) electrons. The van der Waals surface area contributed by atoms with Gasteiger partial charge in [0.05, 0.1) is 6.20 Å². The Morgan fingerprint density at radius 1 is 1.32 bits per heavy atom. The van der Waals surface area contributed by atoms with Crippen LogP contribution >= 0.6 is 0 Å². The zero-order chi connectivity index (χ0) is 18.8. The SMILES string of the molecule is CC(C)(C)CN(NC(=O)OC(C)(C)C)c1nc(C#N)nc2ccnn12. The normalized spacial score (nSPS) is 11.9. The van der Waals surface area contributed by atoms with Crippen LogP contribution in [0.5, 0.6) is 0 Å². The second-order valence-corrected chi connectivity index (χ2v) is 7.82. The Bertz CT molecular complexity index is 808. The molecule has 1 N–H and O–H groups in total. The number of nitriles is 1. The first-order valence-electron chi connectivity index (χ1n) is 7.87. The number of hydrogen-bond acceptors (Lipinski definition) is 7. The van der Waals surface area contributed by atoms with Crippen LogP contribution in [-0.4, -0.2) is 37.8 Å². The van der Waals surface area contributed by atoms with Gasteiger partial charge in [-0.2, -0.15) is 24.8 Å². The second kappa shape index (κ2) is 6.55. The van der Waals surface area contributed by atoms with Gasteiger partial charge in [0.2, 0.25) is 11.8 Å². The molecule has 2 heterocycles. The number of nitrogens with one attached hydrogen (secondary N) is 1. The summed E-state index contributed by atoms with van der Waals surface area (Å²) in [6.07, 6.45) is 0.936. The highest BCUT2D eigenvalue weighted by Crippen LogP contribution is 2.20. The van der Waals surface area contributed by atoms with E-state index in [-0.39, 0.29) is 17.2 Å². The largest absolute Gasteiger partial charge is 0.443 e. The first-order valence-corrected chi connectivity index (χ1v) is 7.87. The molecule has 0 unspecified atom stereocenters. The fraction of sp³-hybridized carbons (Fsp3) is 0.562. The van der Waals surface area contributed by atoms with Crippen LogP contribution in [0.15, 0.2) is 12.3 Å². The topological polar surface area (TPSA) is 108 Å². The van der Waals surface area contributed by atoms with E-state index >= 15 is 0 Å². The average Bonchev–Trinajstić information content (AvgIpc) is 2.89. The number of aromatic nitrogens is 4. The first kappa shape index (κ1) is 18.4. The highest BCUT2D eigenvalue weighted by molar-refractivity contribution is 5.70. The van der Waals surface area contributed by atoms with Crippen LogP contribution in [0.4, 0.5) is 10.7 Å². The average molecular weight is 345 g/mol. The molecule has 0 fully saturated rings. The van der Waals surface area contributed by atoms with Crippen molar-refractivity contribution in [2.45, 2.75) is 47.1 Å². The number of hydrazine groups is 1. The van der Waals surface area contributed by atoms with Crippen LogP contribution in [0.1, 0.15) is 47.4 Å². The lowest BCUT2D eigenvalue weighted by atomic mass is 9.97. The first-order chi connectivity index (χ1) is 11.5. The molecule has 0 aliphatic heterocycles. The summed E-state index contributed by atoms with van der Waals surface area (Å²) in [5, 5.41) is 14.9. The van der Waals surface area contributed by atoms with Gasteiger partial charge < -0.3 is 4.74 Å². The maximum Gasteiger partial charge on any atom is 0.426 e. The minimum Gasteiger partial charge on any atom is -0.443 e. The summed E-state index contributed by atoms with van der Waals surface area (Å²) in [7, 11) is 0. The van der Waals surface area contributed by atoms with E-state index in [0.717, 1.165) is 0 Å². The molecule has 0 aliphatic rings. The lowest BCUT2D eigenvalue weighted by Gasteiger charge is -2.31. The molecule has 0 saturated carbocycles. The Morgan fingerprint density at radius 3 is 2.56 bits per heavy atom. The third-order valence-electron chi connectivity index (χ3n) is 2.84. The van der Waals surface area contributed by atoms with Gasteiger partial charge in [-0.05, 0) is 26.2 Å². The van der Waals surface area contributed by atoms with Crippen LogP contribution in [0.2, 0.25) is 0 Å². The smallest absolute Gasteiger partial charge is 0.426 e. The van der Waals surface area contributed by atoms with E-state index in [4.69, 9.17) is 4.74 Å². The molecule has 0 aliphatic carbocycles. The number of hydrogen-bond donors (Lipinski definition) is 1. The standard InChI is InChI=1S/C16H23N7O2/c1-15(2,3)10-22(21-14(24)25-16(4,5)6)13-20-11(9-17)19-12-7-8-18-23(12)13/h7-8H,10H2,1-6H3,(H,21,24). The van der Waals surface area contributed by atoms with Crippen LogP contribution in [-0.2, 0) is 4.74 Å². The highest BCUT2D eigenvalue weighted by Gasteiger charge is 2.25. The summed E-state index contributed by atoms with van der Waals surface area (Å²) in [5.74, 6) is 0.278. The van der Waals surface area contributed by atoms with Crippen molar-refractivity contribution < 1.29 is 9.53 Å². The van der Waals surface area contributed by atoms with Gasteiger partial charge in [-0.1, -0.05) is 20.8 Å². The summed E-state index contributed by atoms with van der Waals surface area (Å²) >= 11 is 0. The van der Waals surface area contributed by atoms with Crippen molar-refractivity contribution in [1.29, 1.82) is 5.26 Å². The third-order valence-corrected chi connectivity index (χ3v) is 2.84. The summed E-state index contributed by atoms with van der Waals surface area (Å²) in [6, 6.07) is 3.59. The van der Waals surface area contributed by atoms with E-state index in [1.54, 1.807) is 33.0 Å². The summed E-state index contributed by atoms with van der Waals surface area (Å²) < 4.78 is 6.79. The molecule has 2 aromatic rings. The van der Waals surface area contributed by atoms with Crippen LogP contribution < -0.4 is 10.4 Å². The molecular weight excluding hydrogens is 322 g/mol. The maximum absolute atomic E-state index is 12.2. The molecule has 2 aromatic heterocycles. The van der Waals surface area contributed by atoms with Crippen molar-refractivity contribution in [1.82, 2.24) is 25.0 Å². The Morgan fingerprint density at radius 2 is 2.00 bits per heavy atom. The molecule has 9 heteroatoms. The number of ether oxygens (including phenoxy) is 1. The predicted octanol–water partition coefficient (Wildman–Crippen LogP) is 2.29. The van der Waals surface area contributed by atoms with Gasteiger partial charge in [-0.15, -0.1) is 0 Å². The van der Waals surface area contributed by atoms with E-state index in [1.807, 2.05) is 26.8 Å². The van der Waals surface area contributed by atoms with Crippen molar-refractivity contribution in [3.63, 3.8) is 0 Å². The molecule has 134 valence electrons. The fourth-order valence-corrected chi connectivity index (χ4v) is 2.08. The number of fused-ring (bicyclic) bond motifs is 1. The number of rotatable bonds is 3. The van der Waals surface area contributed by atoms with Crippen LogP contribution in [0, 0.1) is 16.7 Å². The van der Waals surface area contributed by atoms with E-state index in [1.165, 1.54) is 9.52 Å². The lowest BCUT2D eigenvalue weighted by Crippen LogP contribution is -2.49. The van der Waals surface area contributed by atoms with Crippen molar-refractivity contribution in [2.24, 2.45) is 5.41 Å². The number of anilines is 1. The molecule has 0 bridgehead atoms. The molecule has 9 nitrogen and oxygen atoms in total. The van der Waals surface area contributed by atoms with Crippen molar-refractivity contribution in [2.75, 3.05) is 11.6 Å². The Balaban J connectivity index is 2.44. The van der Waals surface area contributed by atoms with Crippen LogP contribution in [0.25, 0.3) is 5.65 Å². The zero-order valence-electron chi connectivity index (χ0n) is 15.4. The van der Waals surface area contributed by atoms with Crippen molar-refractivity contribution in [3.8, 4) is 6.07 Å². The Kier molecular flexibility index (Phi) is 4.83. The lowest BCUT2D eigenvalue weighted by molar-refractivity contribution is 0.0515. The van der Waals surface area contributed by atoms with E-state index < -0.39 is 11.7 Å². The van der Waals surface area contributed by atoms with Gasteiger partial charge in [0.15, 0.2) is 5.65 Å². The predicted molar refractivity (Wildman–Crippen MR) is 91.7 cm³/mol. The molecule has 2 rings (SSSR count).